The van der Waals surface area contributed by atoms with Crippen LogP contribution in [0, 0.1) is 16.0 Å². The summed E-state index contributed by atoms with van der Waals surface area (Å²) in [6, 6.07) is 5.49. The third-order valence-corrected chi connectivity index (χ3v) is 4.59. The highest BCUT2D eigenvalue weighted by molar-refractivity contribution is 5.36. The fourth-order valence-corrected chi connectivity index (χ4v) is 3.39. The van der Waals surface area contributed by atoms with Gasteiger partial charge in [-0.3, -0.25) is 15.0 Å². The van der Waals surface area contributed by atoms with Gasteiger partial charge in [-0.1, -0.05) is 0 Å². The summed E-state index contributed by atoms with van der Waals surface area (Å²) in [4.78, 5) is 16.3. The standard InChI is InChI=1S/C16H22N2O5/c1-10-13-9-22-16(19,14(13)17(23-10)15(2,3)4)11-5-7-12(8-6-11)18(20)21/h5-8,10,13-14,19H,9H2,1-4H3. The molecule has 7 nitrogen and oxygen atoms in total. The van der Waals surface area contributed by atoms with Crippen molar-refractivity contribution in [2.24, 2.45) is 5.92 Å². The zero-order valence-electron chi connectivity index (χ0n) is 13.7. The lowest BCUT2D eigenvalue weighted by Gasteiger charge is -2.40. The molecule has 23 heavy (non-hydrogen) atoms. The quantitative estimate of drug-likeness (QED) is 0.663. The minimum absolute atomic E-state index is 0.0179. The minimum atomic E-state index is -1.54. The Hall–Kier alpha value is -1.54. The smallest absolute Gasteiger partial charge is 0.269 e. The maximum Gasteiger partial charge on any atom is 0.269 e. The van der Waals surface area contributed by atoms with Crippen molar-refractivity contribution < 1.29 is 19.6 Å². The van der Waals surface area contributed by atoms with E-state index in [1.807, 2.05) is 27.7 Å². The third-order valence-electron chi connectivity index (χ3n) is 4.59. The van der Waals surface area contributed by atoms with Crippen LogP contribution in [0.25, 0.3) is 0 Å². The second kappa shape index (κ2) is 5.24. The van der Waals surface area contributed by atoms with E-state index in [0.29, 0.717) is 12.2 Å². The number of ether oxygens (including phenoxy) is 1. The average molecular weight is 322 g/mol. The Balaban J connectivity index is 1.99. The first-order valence-electron chi connectivity index (χ1n) is 7.72. The lowest BCUT2D eigenvalue weighted by molar-refractivity contribution is -0.384. The molecule has 2 aliphatic rings. The van der Waals surface area contributed by atoms with E-state index in [4.69, 9.17) is 9.57 Å². The van der Waals surface area contributed by atoms with Gasteiger partial charge in [-0.05, 0) is 39.8 Å². The zero-order chi connectivity index (χ0) is 17.0. The van der Waals surface area contributed by atoms with E-state index >= 15 is 0 Å². The Morgan fingerprint density at radius 2 is 1.96 bits per heavy atom. The van der Waals surface area contributed by atoms with E-state index in [0.717, 1.165) is 0 Å². The predicted octanol–water partition coefficient (Wildman–Crippen LogP) is 2.19. The number of hydroxylamine groups is 2. The number of nitro groups is 1. The predicted molar refractivity (Wildman–Crippen MR) is 82.4 cm³/mol. The van der Waals surface area contributed by atoms with Gasteiger partial charge < -0.3 is 9.84 Å². The highest BCUT2D eigenvalue weighted by Crippen LogP contribution is 2.48. The van der Waals surface area contributed by atoms with Crippen molar-refractivity contribution in [3.63, 3.8) is 0 Å². The second-order valence-electron chi connectivity index (χ2n) is 7.23. The van der Waals surface area contributed by atoms with Gasteiger partial charge in [0.25, 0.3) is 5.69 Å². The molecule has 0 amide bonds. The van der Waals surface area contributed by atoms with E-state index in [1.165, 1.54) is 12.1 Å². The molecule has 0 spiro atoms. The van der Waals surface area contributed by atoms with Crippen LogP contribution in [0.15, 0.2) is 24.3 Å². The molecule has 0 aromatic heterocycles. The fourth-order valence-electron chi connectivity index (χ4n) is 3.39. The number of hydrogen-bond acceptors (Lipinski definition) is 6. The molecular formula is C16H22N2O5. The van der Waals surface area contributed by atoms with Gasteiger partial charge in [0.1, 0.15) is 6.04 Å². The lowest BCUT2D eigenvalue weighted by atomic mass is 9.87. The highest BCUT2D eigenvalue weighted by atomic mass is 16.7. The normalized spacial score (nSPS) is 34.6. The van der Waals surface area contributed by atoms with Crippen LogP contribution >= 0.6 is 0 Å². The summed E-state index contributed by atoms with van der Waals surface area (Å²) < 4.78 is 5.75. The van der Waals surface area contributed by atoms with Gasteiger partial charge in [0.05, 0.1) is 17.6 Å². The summed E-state index contributed by atoms with van der Waals surface area (Å²) in [7, 11) is 0. The Kier molecular flexibility index (Phi) is 3.72. The first kappa shape index (κ1) is 16.3. The van der Waals surface area contributed by atoms with Crippen molar-refractivity contribution in [1.82, 2.24) is 5.06 Å². The van der Waals surface area contributed by atoms with Crippen LogP contribution < -0.4 is 0 Å². The van der Waals surface area contributed by atoms with Gasteiger partial charge >= 0.3 is 0 Å². The van der Waals surface area contributed by atoms with Gasteiger partial charge in [-0.25, -0.2) is 0 Å². The fraction of sp³-hybridized carbons (Fsp3) is 0.625. The van der Waals surface area contributed by atoms with Gasteiger partial charge in [-0.2, -0.15) is 5.06 Å². The number of hydrogen-bond donors (Lipinski definition) is 1. The third kappa shape index (κ3) is 2.53. The molecule has 2 aliphatic heterocycles. The van der Waals surface area contributed by atoms with E-state index in [-0.39, 0.29) is 29.3 Å². The molecule has 3 rings (SSSR count). The molecule has 4 unspecified atom stereocenters. The molecule has 0 radical (unpaired) electrons. The highest BCUT2D eigenvalue weighted by Gasteiger charge is 2.61. The monoisotopic (exact) mass is 322 g/mol. The van der Waals surface area contributed by atoms with Gasteiger partial charge in [-0.15, -0.1) is 0 Å². The number of benzene rings is 1. The number of rotatable bonds is 2. The van der Waals surface area contributed by atoms with Crippen molar-refractivity contribution in [3.8, 4) is 0 Å². The van der Waals surface area contributed by atoms with Crippen LogP contribution in [0.4, 0.5) is 5.69 Å². The average Bonchev–Trinajstić information content (AvgIpc) is 2.99. The largest absolute Gasteiger partial charge is 0.360 e. The van der Waals surface area contributed by atoms with Crippen molar-refractivity contribution in [2.45, 2.75) is 51.2 Å². The summed E-state index contributed by atoms with van der Waals surface area (Å²) in [5.74, 6) is -1.51. The molecule has 0 aliphatic carbocycles. The summed E-state index contributed by atoms with van der Waals surface area (Å²) >= 11 is 0. The number of aliphatic hydroxyl groups is 1. The lowest BCUT2D eigenvalue weighted by Crippen LogP contribution is -2.53. The first-order chi connectivity index (χ1) is 10.6. The van der Waals surface area contributed by atoms with E-state index in [2.05, 4.69) is 0 Å². The molecule has 7 heteroatoms. The molecule has 1 N–H and O–H groups in total. The molecule has 2 heterocycles. The summed E-state index contributed by atoms with van der Waals surface area (Å²) in [5, 5.41) is 23.8. The van der Waals surface area contributed by atoms with Crippen molar-refractivity contribution in [2.75, 3.05) is 6.61 Å². The number of non-ortho nitro benzene ring substituents is 1. The van der Waals surface area contributed by atoms with Crippen molar-refractivity contribution in [3.05, 3.63) is 39.9 Å². The van der Waals surface area contributed by atoms with Gasteiger partial charge in [0, 0.05) is 29.2 Å². The number of nitro benzene ring substituents is 1. The van der Waals surface area contributed by atoms with Crippen LogP contribution in [0.2, 0.25) is 0 Å². The molecule has 0 saturated carbocycles. The van der Waals surface area contributed by atoms with Crippen LogP contribution in [0.5, 0.6) is 0 Å². The molecule has 1 aromatic carbocycles. The van der Waals surface area contributed by atoms with Gasteiger partial charge in [0.2, 0.25) is 5.79 Å². The Labute approximate surface area is 134 Å². The van der Waals surface area contributed by atoms with Crippen LogP contribution in [-0.2, 0) is 15.4 Å². The second-order valence-corrected chi connectivity index (χ2v) is 7.23. The van der Waals surface area contributed by atoms with Crippen molar-refractivity contribution in [1.29, 1.82) is 0 Å². The molecule has 0 bridgehead atoms. The summed E-state index contributed by atoms with van der Waals surface area (Å²) in [5.41, 5.74) is 0.175. The number of nitrogens with zero attached hydrogens (tertiary/aromatic N) is 2. The Morgan fingerprint density at radius 3 is 2.48 bits per heavy atom. The maximum atomic E-state index is 11.2. The Bertz CT molecular complexity index is 612. The van der Waals surface area contributed by atoms with E-state index in [9.17, 15) is 15.2 Å². The zero-order valence-corrected chi connectivity index (χ0v) is 13.7. The molecule has 1 aromatic rings. The Morgan fingerprint density at radius 1 is 1.35 bits per heavy atom. The molecule has 4 atom stereocenters. The first-order valence-corrected chi connectivity index (χ1v) is 7.72. The topological polar surface area (TPSA) is 85.1 Å². The van der Waals surface area contributed by atoms with Crippen LogP contribution in [0.3, 0.4) is 0 Å². The molecule has 2 saturated heterocycles. The number of fused-ring (bicyclic) bond motifs is 1. The molecule has 2 fully saturated rings. The maximum absolute atomic E-state index is 11.2. The summed E-state index contributed by atoms with van der Waals surface area (Å²) in [6.45, 7) is 8.38. The van der Waals surface area contributed by atoms with E-state index < -0.39 is 10.7 Å². The van der Waals surface area contributed by atoms with Crippen LogP contribution in [0.1, 0.15) is 33.3 Å². The molecule has 126 valence electrons. The van der Waals surface area contributed by atoms with Gasteiger partial charge in [0.15, 0.2) is 0 Å². The SMILES string of the molecule is CC1ON(C(C)(C)C)C2C1COC2(O)c1ccc([N+](=O)[O-])cc1. The van der Waals surface area contributed by atoms with E-state index in [1.54, 1.807) is 17.2 Å². The minimum Gasteiger partial charge on any atom is -0.360 e. The summed E-state index contributed by atoms with van der Waals surface area (Å²) in [6.07, 6.45) is -0.0636. The molecular weight excluding hydrogens is 300 g/mol. The van der Waals surface area contributed by atoms with Crippen molar-refractivity contribution >= 4 is 5.69 Å². The van der Waals surface area contributed by atoms with Crippen LogP contribution in [-0.4, -0.2) is 39.4 Å².